The van der Waals surface area contributed by atoms with E-state index in [2.05, 4.69) is 15.3 Å². The molecule has 0 bridgehead atoms. The number of hydrogen-bond donors (Lipinski definition) is 1. The number of rotatable bonds is 14. The molecule has 2 heterocycles. The lowest BCUT2D eigenvalue weighted by atomic mass is 9.91. The van der Waals surface area contributed by atoms with Crippen LogP contribution >= 0.6 is 11.3 Å². The number of nitrogens with zero attached hydrogens (tertiary/aromatic N) is 4. The molecule has 2 radical (unpaired) electrons. The standard InChI is InChI=1S/C30H28FN5O5S2/c1-20(22-5-3-2-4-6-22)15-28(37)27(16-21-7-9-24(10-8-21)40-14-13-31)36-18-23(34-35-36)19-41-25-11-12-26-29(17-25)42-30(33-26)43(32,38)39/h1-12,17-18,20,27H,13-16,19H2,(H2,32,38,39)/t20-,27+/m1/s1. The second kappa shape index (κ2) is 13.4. The van der Waals surface area contributed by atoms with E-state index in [1.807, 2.05) is 42.5 Å². The van der Waals surface area contributed by atoms with Gasteiger partial charge < -0.3 is 9.47 Å². The van der Waals surface area contributed by atoms with Crippen molar-refractivity contribution in [1.29, 1.82) is 0 Å². The van der Waals surface area contributed by atoms with Gasteiger partial charge in [-0.25, -0.2) is 27.6 Å². The van der Waals surface area contributed by atoms with Crippen molar-refractivity contribution < 1.29 is 27.1 Å². The highest BCUT2D eigenvalue weighted by molar-refractivity contribution is 7.91. The van der Waals surface area contributed by atoms with Crippen LogP contribution in [0.25, 0.3) is 10.2 Å². The Kier molecular flexibility index (Phi) is 9.43. The number of ketones is 1. The first-order valence-electron chi connectivity index (χ1n) is 13.3. The quantitative estimate of drug-likeness (QED) is 0.188. The fourth-order valence-corrected chi connectivity index (χ4v) is 6.10. The van der Waals surface area contributed by atoms with Gasteiger partial charge in [0.2, 0.25) is 4.34 Å². The minimum atomic E-state index is -3.91. The number of carbonyl (C=O) groups is 1. The lowest BCUT2D eigenvalue weighted by Gasteiger charge is -2.19. The zero-order valence-corrected chi connectivity index (χ0v) is 24.5. The van der Waals surface area contributed by atoms with Gasteiger partial charge in [-0.2, -0.15) is 0 Å². The first-order valence-corrected chi connectivity index (χ1v) is 15.6. The van der Waals surface area contributed by atoms with Crippen molar-refractivity contribution in [3.8, 4) is 11.5 Å². The Bertz CT molecular complexity index is 1790. The molecule has 13 heteroatoms. The predicted molar refractivity (Wildman–Crippen MR) is 159 cm³/mol. The third-order valence-electron chi connectivity index (χ3n) is 6.57. The highest BCUT2D eigenvalue weighted by atomic mass is 32.2. The van der Waals surface area contributed by atoms with Crippen LogP contribution in [-0.4, -0.2) is 47.5 Å². The van der Waals surface area contributed by atoms with Crippen molar-refractivity contribution in [2.24, 2.45) is 5.14 Å². The fourth-order valence-electron chi connectivity index (χ4n) is 4.41. The summed E-state index contributed by atoms with van der Waals surface area (Å²) in [7, 11) is -3.91. The van der Waals surface area contributed by atoms with Crippen molar-refractivity contribution in [2.45, 2.75) is 35.7 Å². The van der Waals surface area contributed by atoms with Crippen LogP contribution in [0, 0.1) is 6.92 Å². The molecule has 10 nitrogen and oxygen atoms in total. The van der Waals surface area contributed by atoms with E-state index in [0.29, 0.717) is 33.8 Å². The minimum absolute atomic E-state index is 0.0314. The first-order chi connectivity index (χ1) is 20.7. The Labute approximate surface area is 252 Å². The fraction of sp³-hybridized carbons (Fsp3) is 0.233. The van der Waals surface area contributed by atoms with E-state index in [1.165, 1.54) is 4.68 Å². The van der Waals surface area contributed by atoms with Crippen molar-refractivity contribution in [3.63, 3.8) is 0 Å². The second-order valence-electron chi connectivity index (χ2n) is 9.72. The molecule has 0 unspecified atom stereocenters. The van der Waals surface area contributed by atoms with Crippen LogP contribution in [0.5, 0.6) is 11.5 Å². The van der Waals surface area contributed by atoms with Crippen molar-refractivity contribution in [1.82, 2.24) is 20.0 Å². The largest absolute Gasteiger partial charge is 0.491 e. The molecule has 2 atom stereocenters. The Morgan fingerprint density at radius 2 is 1.79 bits per heavy atom. The smallest absolute Gasteiger partial charge is 0.265 e. The summed E-state index contributed by atoms with van der Waals surface area (Å²) in [5.41, 5.74) is 2.68. The third-order valence-corrected chi connectivity index (χ3v) is 8.90. The van der Waals surface area contributed by atoms with Gasteiger partial charge in [0.05, 0.1) is 16.4 Å². The predicted octanol–water partition coefficient (Wildman–Crippen LogP) is 4.70. The van der Waals surface area contributed by atoms with Gasteiger partial charge in [0, 0.05) is 12.8 Å². The molecule has 0 saturated carbocycles. The molecule has 2 aromatic heterocycles. The zero-order valence-electron chi connectivity index (χ0n) is 22.9. The molecule has 0 fully saturated rings. The number of primary sulfonamides is 1. The minimum Gasteiger partial charge on any atom is -0.491 e. The number of thiazole rings is 1. The second-order valence-corrected chi connectivity index (χ2v) is 12.5. The lowest BCUT2D eigenvalue weighted by Crippen LogP contribution is -2.24. The maximum absolute atomic E-state index is 13.6. The zero-order chi connectivity index (χ0) is 30.4. The Morgan fingerprint density at radius 1 is 1.05 bits per heavy atom. The van der Waals surface area contributed by atoms with E-state index >= 15 is 0 Å². The first kappa shape index (κ1) is 30.3. The number of nitrogens with two attached hydrogens (primary N) is 1. The number of alkyl halides is 1. The normalized spacial score (nSPS) is 13.1. The summed E-state index contributed by atoms with van der Waals surface area (Å²) >= 11 is 0.951. The summed E-state index contributed by atoms with van der Waals surface area (Å²) < 4.78 is 48.9. The van der Waals surface area contributed by atoms with Gasteiger partial charge >= 0.3 is 0 Å². The molecule has 5 aromatic rings. The number of hydrogen-bond acceptors (Lipinski definition) is 9. The molecule has 0 aliphatic rings. The molecular weight excluding hydrogens is 593 g/mol. The maximum atomic E-state index is 13.6. The van der Waals surface area contributed by atoms with E-state index in [1.54, 1.807) is 36.5 Å². The molecule has 2 N–H and O–H groups in total. The van der Waals surface area contributed by atoms with Crippen LogP contribution < -0.4 is 14.6 Å². The Morgan fingerprint density at radius 3 is 2.51 bits per heavy atom. The summed E-state index contributed by atoms with van der Waals surface area (Å²) in [6.45, 7) is 5.81. The van der Waals surface area contributed by atoms with Gasteiger partial charge in [0.15, 0.2) is 5.78 Å². The molecular formula is C30H28FN5O5S2. The average molecular weight is 622 g/mol. The number of fused-ring (bicyclic) bond motifs is 1. The van der Waals surface area contributed by atoms with Crippen LogP contribution in [0.2, 0.25) is 0 Å². The van der Waals surface area contributed by atoms with Crippen LogP contribution in [0.1, 0.15) is 35.2 Å². The van der Waals surface area contributed by atoms with Gasteiger partial charge in [-0.1, -0.05) is 47.7 Å². The van der Waals surface area contributed by atoms with Gasteiger partial charge in [-0.3, -0.25) is 4.79 Å². The highest BCUT2D eigenvalue weighted by Gasteiger charge is 2.25. The van der Waals surface area contributed by atoms with Crippen molar-refractivity contribution in [2.75, 3.05) is 13.3 Å². The Balaban J connectivity index is 1.32. The van der Waals surface area contributed by atoms with Crippen LogP contribution in [0.4, 0.5) is 4.39 Å². The molecule has 5 rings (SSSR count). The van der Waals surface area contributed by atoms with Gasteiger partial charge in [0.25, 0.3) is 10.0 Å². The monoisotopic (exact) mass is 621 g/mol. The van der Waals surface area contributed by atoms with Crippen LogP contribution in [-0.2, 0) is 27.8 Å². The number of sulfonamides is 1. The average Bonchev–Trinajstić information content (AvgIpc) is 3.66. The summed E-state index contributed by atoms with van der Waals surface area (Å²) in [5, 5.41) is 13.6. The molecule has 0 aliphatic carbocycles. The number of carbonyl (C=O) groups excluding carboxylic acids is 1. The van der Waals surface area contributed by atoms with E-state index in [9.17, 15) is 17.6 Å². The topological polar surface area (TPSA) is 139 Å². The number of ether oxygens (including phenoxy) is 2. The Hall–Kier alpha value is -4.20. The van der Waals surface area contributed by atoms with Gasteiger partial charge in [-0.15, -0.1) is 16.4 Å². The number of halogens is 1. The SMILES string of the molecule is [CH][C@H](CC(=O)[C@H](Cc1ccc(OCCF)cc1)n1cc(COc2ccc3nc(S(N)(=O)=O)sc3c2)nn1)c1ccccc1. The molecule has 222 valence electrons. The molecule has 0 spiro atoms. The maximum Gasteiger partial charge on any atom is 0.265 e. The van der Waals surface area contributed by atoms with Gasteiger partial charge in [0.1, 0.15) is 43.1 Å². The summed E-state index contributed by atoms with van der Waals surface area (Å²) in [5.74, 6) is 0.402. The van der Waals surface area contributed by atoms with E-state index < -0.39 is 28.7 Å². The molecule has 3 aromatic carbocycles. The van der Waals surface area contributed by atoms with Crippen LogP contribution in [0.15, 0.2) is 83.3 Å². The number of Topliss-reactive ketones (excluding diaryl/α,β-unsaturated/α-hetero) is 1. The van der Waals surface area contributed by atoms with Crippen molar-refractivity contribution >= 4 is 37.4 Å². The number of benzene rings is 3. The van der Waals surface area contributed by atoms with Crippen LogP contribution in [0.3, 0.4) is 0 Å². The third kappa shape index (κ3) is 7.80. The van der Waals surface area contributed by atoms with E-state index in [0.717, 1.165) is 22.5 Å². The molecule has 43 heavy (non-hydrogen) atoms. The lowest BCUT2D eigenvalue weighted by molar-refractivity contribution is -0.122. The van der Waals surface area contributed by atoms with E-state index in [-0.39, 0.29) is 29.8 Å². The summed E-state index contributed by atoms with van der Waals surface area (Å²) in [6.07, 6.45) is 2.06. The molecule has 0 saturated heterocycles. The molecule has 0 amide bonds. The highest BCUT2D eigenvalue weighted by Crippen LogP contribution is 2.29. The van der Waals surface area contributed by atoms with Crippen molar-refractivity contribution in [3.05, 3.63) is 103 Å². The van der Waals surface area contributed by atoms with Gasteiger partial charge in [-0.05, 0) is 54.3 Å². The summed E-state index contributed by atoms with van der Waals surface area (Å²) in [4.78, 5) is 17.6. The number of aromatic nitrogens is 4. The van der Waals surface area contributed by atoms with E-state index in [4.69, 9.17) is 21.5 Å². The summed E-state index contributed by atoms with van der Waals surface area (Å²) in [6, 6.07) is 20.8. The molecule has 0 aliphatic heterocycles.